The van der Waals surface area contributed by atoms with Gasteiger partial charge in [0.1, 0.15) is 11.6 Å². The minimum Gasteiger partial charge on any atom is -0.388 e. The van der Waals surface area contributed by atoms with Gasteiger partial charge in [0.15, 0.2) is 0 Å². The first kappa shape index (κ1) is 10.5. The number of hydrogen-bond acceptors (Lipinski definition) is 2. The summed E-state index contributed by atoms with van der Waals surface area (Å²) in [7, 11) is 0. The van der Waals surface area contributed by atoms with Gasteiger partial charge >= 0.3 is 0 Å². The number of benzene rings is 1. The summed E-state index contributed by atoms with van der Waals surface area (Å²) in [6.07, 6.45) is 0. The van der Waals surface area contributed by atoms with E-state index in [1.165, 1.54) is 12.1 Å². The third-order valence-electron chi connectivity index (χ3n) is 2.46. The van der Waals surface area contributed by atoms with E-state index in [-0.39, 0.29) is 0 Å². The van der Waals surface area contributed by atoms with Crippen LogP contribution in [0.3, 0.4) is 0 Å². The quantitative estimate of drug-likeness (QED) is 0.805. The zero-order valence-electron chi connectivity index (χ0n) is 8.50. The third-order valence-corrected chi connectivity index (χ3v) is 2.46. The van der Waals surface area contributed by atoms with Gasteiger partial charge in [0.2, 0.25) is 0 Å². The lowest BCUT2D eigenvalue weighted by atomic mass is 9.96. The molecule has 0 aromatic heterocycles. The summed E-state index contributed by atoms with van der Waals surface area (Å²) in [5.41, 5.74) is -0.0470. The highest BCUT2D eigenvalue weighted by molar-refractivity contribution is 5.18. The van der Waals surface area contributed by atoms with E-state index in [1.54, 1.807) is 6.92 Å². The van der Waals surface area contributed by atoms with E-state index in [4.69, 9.17) is 0 Å². The molecule has 2 nitrogen and oxygen atoms in total. The number of likely N-dealkylation sites (tertiary alicyclic amines) is 1. The number of rotatable bonds is 2. The molecule has 1 heterocycles. The summed E-state index contributed by atoms with van der Waals surface area (Å²) in [4.78, 5) is 1.94. The van der Waals surface area contributed by atoms with Gasteiger partial charge in [-0.1, -0.05) is 0 Å². The molecule has 1 aromatic rings. The lowest BCUT2D eigenvalue weighted by Gasteiger charge is -2.44. The smallest absolute Gasteiger partial charge is 0.126 e. The van der Waals surface area contributed by atoms with Crippen LogP contribution in [0, 0.1) is 11.6 Å². The Kier molecular flexibility index (Phi) is 2.48. The van der Waals surface area contributed by atoms with E-state index in [1.807, 2.05) is 4.90 Å². The number of nitrogens with zero attached hydrogens (tertiary/aromatic N) is 1. The summed E-state index contributed by atoms with van der Waals surface area (Å²) >= 11 is 0. The molecule has 1 saturated heterocycles. The molecule has 0 spiro atoms. The Morgan fingerprint density at radius 2 is 1.80 bits per heavy atom. The highest BCUT2D eigenvalue weighted by Gasteiger charge is 2.36. The highest BCUT2D eigenvalue weighted by atomic mass is 19.1. The van der Waals surface area contributed by atoms with Crippen LogP contribution in [-0.2, 0) is 6.54 Å². The van der Waals surface area contributed by atoms with Gasteiger partial charge in [-0.3, -0.25) is 4.90 Å². The van der Waals surface area contributed by atoms with Crippen LogP contribution in [0.1, 0.15) is 12.5 Å². The van der Waals surface area contributed by atoms with Crippen molar-refractivity contribution in [1.82, 2.24) is 4.90 Å². The fourth-order valence-corrected chi connectivity index (χ4v) is 1.99. The summed E-state index contributed by atoms with van der Waals surface area (Å²) in [6.45, 7) is 3.32. The standard InChI is InChI=1S/C11H13F2NO/c1-11(15)6-14(7-11)5-8-2-9(12)4-10(13)3-8/h2-4,15H,5-7H2,1H3. The van der Waals surface area contributed by atoms with Crippen LogP contribution in [-0.4, -0.2) is 28.7 Å². The van der Waals surface area contributed by atoms with Crippen LogP contribution in [0.4, 0.5) is 8.78 Å². The average molecular weight is 213 g/mol. The molecule has 0 atom stereocenters. The molecule has 1 aliphatic heterocycles. The van der Waals surface area contributed by atoms with Crippen LogP contribution in [0.2, 0.25) is 0 Å². The molecule has 0 aliphatic carbocycles. The fraction of sp³-hybridized carbons (Fsp3) is 0.455. The molecule has 0 saturated carbocycles. The van der Waals surface area contributed by atoms with Gasteiger partial charge in [-0.25, -0.2) is 8.78 Å². The summed E-state index contributed by atoms with van der Waals surface area (Å²) in [5.74, 6) is -1.12. The van der Waals surface area contributed by atoms with Crippen molar-refractivity contribution in [2.45, 2.75) is 19.1 Å². The van der Waals surface area contributed by atoms with Gasteiger partial charge in [-0.2, -0.15) is 0 Å². The van der Waals surface area contributed by atoms with Crippen molar-refractivity contribution in [3.63, 3.8) is 0 Å². The minimum atomic E-state index is -0.647. The number of β-amino-alcohol motifs (C(OH)–C–C–N with tert-alkyl or cyclic N) is 1. The number of aliphatic hydroxyl groups is 1. The summed E-state index contributed by atoms with van der Waals surface area (Å²) in [6, 6.07) is 3.49. The first-order valence-corrected chi connectivity index (χ1v) is 4.84. The summed E-state index contributed by atoms with van der Waals surface area (Å²) in [5, 5.41) is 9.48. The molecule has 1 aromatic carbocycles. The van der Waals surface area contributed by atoms with Crippen LogP contribution < -0.4 is 0 Å². The molecule has 0 amide bonds. The Balaban J connectivity index is 2.00. The van der Waals surface area contributed by atoms with Gasteiger partial charge in [0.25, 0.3) is 0 Å². The zero-order valence-corrected chi connectivity index (χ0v) is 8.50. The summed E-state index contributed by atoms with van der Waals surface area (Å²) < 4.78 is 25.7. The van der Waals surface area contributed by atoms with Crippen molar-refractivity contribution in [2.24, 2.45) is 0 Å². The van der Waals surface area contributed by atoms with Crippen LogP contribution in [0.15, 0.2) is 18.2 Å². The van der Waals surface area contributed by atoms with E-state index in [2.05, 4.69) is 0 Å². The highest BCUT2D eigenvalue weighted by Crippen LogP contribution is 2.22. The predicted molar refractivity (Wildman–Crippen MR) is 52.3 cm³/mol. The Hall–Kier alpha value is -1.00. The van der Waals surface area contributed by atoms with E-state index < -0.39 is 17.2 Å². The molecule has 1 fully saturated rings. The molecule has 0 unspecified atom stereocenters. The molecule has 15 heavy (non-hydrogen) atoms. The second kappa shape index (κ2) is 3.54. The Morgan fingerprint density at radius 1 is 1.27 bits per heavy atom. The first-order valence-electron chi connectivity index (χ1n) is 4.84. The maximum Gasteiger partial charge on any atom is 0.126 e. The Morgan fingerprint density at radius 3 is 2.27 bits per heavy atom. The third kappa shape index (κ3) is 2.52. The molecule has 0 radical (unpaired) electrons. The van der Waals surface area contributed by atoms with Gasteiger partial charge in [-0.05, 0) is 24.6 Å². The van der Waals surface area contributed by atoms with Crippen molar-refractivity contribution >= 4 is 0 Å². The van der Waals surface area contributed by atoms with Crippen molar-refractivity contribution in [2.75, 3.05) is 13.1 Å². The molecular formula is C11H13F2NO. The lowest BCUT2D eigenvalue weighted by Crippen LogP contribution is -2.59. The van der Waals surface area contributed by atoms with E-state index >= 15 is 0 Å². The van der Waals surface area contributed by atoms with Gasteiger partial charge < -0.3 is 5.11 Å². The van der Waals surface area contributed by atoms with Gasteiger partial charge in [-0.15, -0.1) is 0 Å². The second-order valence-electron chi connectivity index (χ2n) is 4.42. The normalized spacial score (nSPS) is 20.0. The SMILES string of the molecule is CC1(O)CN(Cc2cc(F)cc(F)c2)C1. The Bertz CT molecular complexity index is 351. The Labute approximate surface area is 87.1 Å². The maximum atomic E-state index is 12.8. The van der Waals surface area contributed by atoms with Crippen molar-refractivity contribution in [1.29, 1.82) is 0 Å². The van der Waals surface area contributed by atoms with Crippen LogP contribution >= 0.6 is 0 Å². The van der Waals surface area contributed by atoms with E-state index in [0.29, 0.717) is 25.2 Å². The fourth-order valence-electron chi connectivity index (χ4n) is 1.99. The van der Waals surface area contributed by atoms with E-state index in [0.717, 1.165) is 6.07 Å². The molecule has 2 rings (SSSR count). The molecular weight excluding hydrogens is 200 g/mol. The number of hydrogen-bond donors (Lipinski definition) is 1. The predicted octanol–water partition coefficient (Wildman–Crippen LogP) is 1.53. The van der Waals surface area contributed by atoms with Crippen LogP contribution in [0.5, 0.6) is 0 Å². The average Bonchev–Trinajstić information content (AvgIpc) is 1.97. The zero-order chi connectivity index (χ0) is 11.1. The lowest BCUT2D eigenvalue weighted by molar-refractivity contribution is -0.0871. The number of halogens is 2. The molecule has 82 valence electrons. The topological polar surface area (TPSA) is 23.5 Å². The van der Waals surface area contributed by atoms with Crippen LogP contribution in [0.25, 0.3) is 0 Å². The van der Waals surface area contributed by atoms with Crippen molar-refractivity contribution in [3.05, 3.63) is 35.4 Å². The van der Waals surface area contributed by atoms with E-state index in [9.17, 15) is 13.9 Å². The second-order valence-corrected chi connectivity index (χ2v) is 4.42. The molecule has 1 aliphatic rings. The van der Waals surface area contributed by atoms with Crippen molar-refractivity contribution in [3.8, 4) is 0 Å². The monoisotopic (exact) mass is 213 g/mol. The molecule has 4 heteroatoms. The molecule has 0 bridgehead atoms. The van der Waals surface area contributed by atoms with Gasteiger partial charge in [0.05, 0.1) is 5.60 Å². The minimum absolute atomic E-state index is 0.477. The van der Waals surface area contributed by atoms with Gasteiger partial charge in [0, 0.05) is 25.7 Å². The largest absolute Gasteiger partial charge is 0.388 e. The maximum absolute atomic E-state index is 12.8. The first-order chi connectivity index (χ1) is 6.94. The van der Waals surface area contributed by atoms with Crippen molar-refractivity contribution < 1.29 is 13.9 Å². The molecule has 1 N–H and O–H groups in total.